The Morgan fingerprint density at radius 1 is 1.02 bits per heavy atom. The van der Waals surface area contributed by atoms with Crippen molar-refractivity contribution in [2.75, 3.05) is 27.4 Å². The third-order valence-electron chi connectivity index (χ3n) is 9.57. The summed E-state index contributed by atoms with van der Waals surface area (Å²) in [6, 6.07) is 24.3. The Kier molecular flexibility index (Phi) is 8.99. The van der Waals surface area contributed by atoms with Crippen LogP contribution in [0.3, 0.4) is 0 Å². The Morgan fingerprint density at radius 3 is 2.24 bits per heavy atom. The lowest BCUT2D eigenvalue weighted by Gasteiger charge is -2.41. The van der Waals surface area contributed by atoms with Gasteiger partial charge < -0.3 is 28.8 Å². The summed E-state index contributed by atoms with van der Waals surface area (Å²) in [6.45, 7) is 3.68. The molecule has 2 fully saturated rings. The summed E-state index contributed by atoms with van der Waals surface area (Å²) in [7, 11) is 3.24. The first-order valence-corrected chi connectivity index (χ1v) is 16.5. The number of carbonyl (C=O) groups is 2. The van der Waals surface area contributed by atoms with Crippen molar-refractivity contribution in [3.63, 3.8) is 0 Å². The highest BCUT2D eigenvalue weighted by Gasteiger charge is 2.61. The summed E-state index contributed by atoms with van der Waals surface area (Å²) in [5, 5.41) is 14.4. The zero-order chi connectivity index (χ0) is 35.0. The highest BCUT2D eigenvalue weighted by molar-refractivity contribution is 6.24. The lowest BCUT2D eigenvalue weighted by atomic mass is 9.79. The summed E-state index contributed by atoms with van der Waals surface area (Å²) in [5.74, 6) is 0.211. The third-order valence-corrected chi connectivity index (χ3v) is 9.57. The molecule has 2 N–H and O–H groups in total. The smallest absolute Gasteiger partial charge is 0.259 e. The molecule has 2 amide bonds. The van der Waals surface area contributed by atoms with Crippen LogP contribution in [0, 0.1) is 5.92 Å². The minimum atomic E-state index is -1.21. The Balaban J connectivity index is 1.26. The van der Waals surface area contributed by atoms with Crippen molar-refractivity contribution in [2.24, 2.45) is 20.9 Å². The predicted molar refractivity (Wildman–Crippen MR) is 183 cm³/mol. The van der Waals surface area contributed by atoms with Crippen LogP contribution in [-0.4, -0.2) is 97.5 Å². The standard InChI is InChI=1S/C37H39N5O8/c1-22(2)32(44)40-35-39-31-28(33(45)41-35)38-21-42(31)34-29-30(43)36(50-34,18-19-48-29)20-49-37(23-8-6-5-7-9-23,24-10-14-26(46-3)15-11-24)25-12-16-27(47-4)17-13-25/h5-17,21-22,28-30,34,43H,18-20H2,1-4H3,(H,40,41,44,45). The zero-order valence-electron chi connectivity index (χ0n) is 28.2. The van der Waals surface area contributed by atoms with E-state index in [2.05, 4.69) is 20.3 Å². The summed E-state index contributed by atoms with van der Waals surface area (Å²) in [4.78, 5) is 39.7. The molecular weight excluding hydrogens is 642 g/mol. The van der Waals surface area contributed by atoms with Crippen molar-refractivity contribution < 1.29 is 38.4 Å². The molecule has 0 aromatic heterocycles. The van der Waals surface area contributed by atoms with Gasteiger partial charge in [0.1, 0.15) is 34.9 Å². The van der Waals surface area contributed by atoms with Gasteiger partial charge in [0.25, 0.3) is 11.8 Å². The number of amides is 2. The molecule has 13 heteroatoms. The van der Waals surface area contributed by atoms with E-state index in [0.717, 1.165) is 16.7 Å². The number of ether oxygens (including phenoxy) is 5. The van der Waals surface area contributed by atoms with Gasteiger partial charge in [0.05, 0.1) is 33.8 Å². The lowest BCUT2D eigenvalue weighted by Crippen LogP contribution is -2.55. The molecule has 13 nitrogen and oxygen atoms in total. The second-order valence-electron chi connectivity index (χ2n) is 12.9. The number of aliphatic hydroxyl groups is 1. The van der Waals surface area contributed by atoms with Crippen molar-refractivity contribution in [3.05, 3.63) is 95.6 Å². The van der Waals surface area contributed by atoms with Gasteiger partial charge in [-0.25, -0.2) is 0 Å². The molecule has 4 aliphatic rings. The van der Waals surface area contributed by atoms with E-state index in [1.54, 1.807) is 33.0 Å². The summed E-state index contributed by atoms with van der Waals surface area (Å²) in [5.41, 5.74) is 0.167. The topological polar surface area (TPSA) is 153 Å². The number of nitrogens with one attached hydrogen (secondary N) is 1. The molecule has 2 saturated heterocycles. The molecule has 3 aromatic rings. The Labute approximate surface area is 289 Å². The molecule has 5 unspecified atom stereocenters. The van der Waals surface area contributed by atoms with Crippen LogP contribution in [0.4, 0.5) is 0 Å². The summed E-state index contributed by atoms with van der Waals surface area (Å²) < 4.78 is 31.0. The average molecular weight is 682 g/mol. The maximum Gasteiger partial charge on any atom is 0.259 e. The molecule has 260 valence electrons. The van der Waals surface area contributed by atoms with Gasteiger partial charge in [-0.05, 0) is 41.0 Å². The van der Waals surface area contributed by atoms with Gasteiger partial charge in [-0.3, -0.25) is 24.8 Å². The zero-order valence-corrected chi connectivity index (χ0v) is 28.2. The van der Waals surface area contributed by atoms with E-state index >= 15 is 0 Å². The molecule has 50 heavy (non-hydrogen) atoms. The van der Waals surface area contributed by atoms with Crippen LogP contribution in [0.1, 0.15) is 37.0 Å². The fourth-order valence-electron chi connectivity index (χ4n) is 6.80. The Bertz CT molecular complexity index is 1780. The van der Waals surface area contributed by atoms with E-state index in [-0.39, 0.29) is 24.3 Å². The number of hydrogen-bond acceptors (Lipinski definition) is 10. The largest absolute Gasteiger partial charge is 0.497 e. The van der Waals surface area contributed by atoms with E-state index in [9.17, 15) is 14.7 Å². The highest BCUT2D eigenvalue weighted by Crippen LogP contribution is 2.47. The van der Waals surface area contributed by atoms with Gasteiger partial charge >= 0.3 is 0 Å². The number of benzene rings is 3. The lowest BCUT2D eigenvalue weighted by molar-refractivity contribution is -0.172. The Hall–Kier alpha value is -4.95. The SMILES string of the molecule is COc1ccc(C(OCC23CCOC(C(N4C=NC5C(=O)NC(=NC(=O)C(C)C)N=C54)O2)C3O)(c2ccccc2)c2ccc(OC)cc2)cc1. The maximum absolute atomic E-state index is 13.0. The highest BCUT2D eigenvalue weighted by atomic mass is 16.6. The molecular formula is C37H39N5O8. The summed E-state index contributed by atoms with van der Waals surface area (Å²) in [6.07, 6.45) is -1.05. The number of aliphatic hydroxyl groups excluding tert-OH is 1. The first-order chi connectivity index (χ1) is 24.2. The molecule has 0 aliphatic carbocycles. The number of aliphatic imine (C=N–C) groups is 3. The number of amidine groups is 1. The van der Waals surface area contributed by atoms with E-state index < -0.39 is 47.5 Å². The first-order valence-electron chi connectivity index (χ1n) is 16.5. The first kappa shape index (κ1) is 33.5. The Morgan fingerprint density at radius 2 is 1.64 bits per heavy atom. The minimum Gasteiger partial charge on any atom is -0.497 e. The molecule has 0 spiro atoms. The van der Waals surface area contributed by atoms with Crippen LogP contribution in [0.25, 0.3) is 0 Å². The van der Waals surface area contributed by atoms with Crippen LogP contribution >= 0.6 is 0 Å². The fourth-order valence-corrected chi connectivity index (χ4v) is 6.80. The van der Waals surface area contributed by atoms with Crippen molar-refractivity contribution in [1.29, 1.82) is 0 Å². The van der Waals surface area contributed by atoms with Crippen molar-refractivity contribution >= 4 is 29.9 Å². The van der Waals surface area contributed by atoms with Crippen LogP contribution in [0.15, 0.2) is 93.8 Å². The number of carbonyl (C=O) groups excluding carboxylic acids is 2. The molecule has 5 atom stereocenters. The van der Waals surface area contributed by atoms with E-state index in [1.807, 2.05) is 78.9 Å². The normalized spacial score (nSPS) is 26.5. The number of methoxy groups -OCH3 is 2. The molecule has 3 aromatic carbocycles. The van der Waals surface area contributed by atoms with E-state index in [1.165, 1.54) is 6.34 Å². The number of hydrogen-bond donors (Lipinski definition) is 2. The number of rotatable bonds is 10. The maximum atomic E-state index is 13.0. The molecule has 4 aliphatic heterocycles. The second-order valence-corrected chi connectivity index (χ2v) is 12.9. The van der Waals surface area contributed by atoms with Gasteiger partial charge in [0.15, 0.2) is 18.1 Å². The van der Waals surface area contributed by atoms with Gasteiger partial charge in [-0.2, -0.15) is 9.98 Å². The van der Waals surface area contributed by atoms with Crippen molar-refractivity contribution in [3.8, 4) is 11.5 Å². The summed E-state index contributed by atoms with van der Waals surface area (Å²) >= 11 is 0. The monoisotopic (exact) mass is 681 g/mol. The van der Waals surface area contributed by atoms with Crippen LogP contribution in [0.5, 0.6) is 11.5 Å². The molecule has 7 rings (SSSR count). The minimum absolute atomic E-state index is 0.0333. The molecule has 4 heterocycles. The quantitative estimate of drug-likeness (QED) is 0.308. The van der Waals surface area contributed by atoms with Crippen LogP contribution in [-0.2, 0) is 29.4 Å². The van der Waals surface area contributed by atoms with E-state index in [0.29, 0.717) is 24.5 Å². The van der Waals surface area contributed by atoms with Gasteiger partial charge in [0, 0.05) is 12.3 Å². The van der Waals surface area contributed by atoms with Gasteiger partial charge in [-0.15, -0.1) is 0 Å². The molecule has 0 radical (unpaired) electrons. The molecule has 0 saturated carbocycles. The van der Waals surface area contributed by atoms with Crippen molar-refractivity contribution in [2.45, 2.75) is 55.9 Å². The fraction of sp³-hybridized carbons (Fsp3) is 0.378. The number of fused-ring (bicyclic) bond motifs is 3. The van der Waals surface area contributed by atoms with Gasteiger partial charge in [0.2, 0.25) is 5.96 Å². The predicted octanol–water partition coefficient (Wildman–Crippen LogP) is 3.04. The van der Waals surface area contributed by atoms with Crippen LogP contribution < -0.4 is 14.8 Å². The molecule has 2 bridgehead atoms. The van der Waals surface area contributed by atoms with Crippen LogP contribution in [0.2, 0.25) is 0 Å². The number of nitrogens with zero attached hydrogens (tertiary/aromatic N) is 4. The number of guanidine groups is 1. The van der Waals surface area contributed by atoms with E-state index in [4.69, 9.17) is 23.7 Å². The second kappa shape index (κ2) is 13.4. The average Bonchev–Trinajstić information content (AvgIpc) is 3.61. The van der Waals surface area contributed by atoms with Crippen molar-refractivity contribution in [1.82, 2.24) is 10.2 Å². The van der Waals surface area contributed by atoms with Gasteiger partial charge in [-0.1, -0.05) is 68.4 Å². The third kappa shape index (κ3) is 5.75.